The normalized spacial score (nSPS) is 29.2. The lowest BCUT2D eigenvalue weighted by Gasteiger charge is -2.33. The van der Waals surface area contributed by atoms with Gasteiger partial charge in [0, 0.05) is 19.4 Å². The average Bonchev–Trinajstić information content (AvgIpc) is 2.82. The van der Waals surface area contributed by atoms with Gasteiger partial charge in [-0.1, -0.05) is 27.7 Å². The Labute approximate surface area is 139 Å². The minimum Gasteiger partial charge on any atom is -0.480 e. The fraction of sp³-hybridized carbons (Fsp3) is 0.812. The van der Waals surface area contributed by atoms with Gasteiger partial charge in [0.25, 0.3) is 5.91 Å². The molecule has 0 aromatic carbocycles. The topological polar surface area (TPSA) is 86.7 Å². The van der Waals surface area contributed by atoms with E-state index >= 15 is 0 Å². The first-order chi connectivity index (χ1) is 10.8. The number of carboxylic acids is 1. The van der Waals surface area contributed by atoms with E-state index in [1.54, 1.807) is 13.8 Å². The maximum Gasteiger partial charge on any atom is 0.326 e. The zero-order valence-corrected chi connectivity index (χ0v) is 14.5. The number of carbonyl (C=O) groups is 3. The molecular formula is C16H24F2N2O4. The Bertz CT molecular complexity index is 571. The first-order valence-corrected chi connectivity index (χ1v) is 8.02. The number of rotatable bonds is 5. The van der Waals surface area contributed by atoms with Gasteiger partial charge < -0.3 is 15.3 Å². The van der Waals surface area contributed by atoms with Crippen LogP contribution in [0.1, 0.15) is 34.6 Å². The maximum atomic E-state index is 13.1. The van der Waals surface area contributed by atoms with E-state index in [9.17, 15) is 28.3 Å². The van der Waals surface area contributed by atoms with Gasteiger partial charge >= 0.3 is 11.9 Å². The average molecular weight is 346 g/mol. The number of alkyl halides is 2. The van der Waals surface area contributed by atoms with Crippen LogP contribution in [0.3, 0.4) is 0 Å². The van der Waals surface area contributed by atoms with Crippen LogP contribution in [0.5, 0.6) is 0 Å². The van der Waals surface area contributed by atoms with E-state index in [1.807, 2.05) is 13.8 Å². The number of fused-ring (bicyclic) bond motifs is 1. The van der Waals surface area contributed by atoms with Crippen LogP contribution in [0, 0.1) is 23.2 Å². The molecule has 1 unspecified atom stereocenters. The molecule has 0 aromatic rings. The molecule has 1 saturated carbocycles. The molecule has 0 spiro atoms. The van der Waals surface area contributed by atoms with Crippen molar-refractivity contribution in [2.75, 3.05) is 6.54 Å². The maximum absolute atomic E-state index is 13.1. The van der Waals surface area contributed by atoms with Gasteiger partial charge in [0.05, 0.1) is 0 Å². The van der Waals surface area contributed by atoms with Gasteiger partial charge in [-0.25, -0.2) is 4.79 Å². The summed E-state index contributed by atoms with van der Waals surface area (Å²) in [6, 6.07) is -2.15. The van der Waals surface area contributed by atoms with E-state index in [-0.39, 0.29) is 23.8 Å². The van der Waals surface area contributed by atoms with Crippen molar-refractivity contribution < 1.29 is 28.3 Å². The Kier molecular flexibility index (Phi) is 4.39. The molecule has 0 radical (unpaired) electrons. The van der Waals surface area contributed by atoms with Crippen molar-refractivity contribution >= 4 is 17.8 Å². The second-order valence-corrected chi connectivity index (χ2v) is 7.81. The van der Waals surface area contributed by atoms with E-state index < -0.39 is 41.7 Å². The van der Waals surface area contributed by atoms with Crippen molar-refractivity contribution in [2.24, 2.45) is 23.2 Å². The van der Waals surface area contributed by atoms with E-state index in [0.29, 0.717) is 6.92 Å². The van der Waals surface area contributed by atoms with Gasteiger partial charge in [-0.3, -0.25) is 9.59 Å². The van der Waals surface area contributed by atoms with E-state index in [2.05, 4.69) is 5.32 Å². The molecule has 8 heteroatoms. The number of likely N-dealkylation sites (tertiary alicyclic amines) is 1. The summed E-state index contributed by atoms with van der Waals surface area (Å²) in [6.45, 7) is 7.88. The number of hydrogen-bond acceptors (Lipinski definition) is 3. The molecule has 6 nitrogen and oxygen atoms in total. The highest BCUT2D eigenvalue weighted by Gasteiger charge is 2.69. The smallest absolute Gasteiger partial charge is 0.326 e. The Morgan fingerprint density at radius 2 is 1.83 bits per heavy atom. The van der Waals surface area contributed by atoms with Gasteiger partial charge in [-0.15, -0.1) is 0 Å². The summed E-state index contributed by atoms with van der Waals surface area (Å²) in [7, 11) is 0. The molecule has 136 valence electrons. The van der Waals surface area contributed by atoms with Gasteiger partial charge in [-0.2, -0.15) is 8.78 Å². The summed E-state index contributed by atoms with van der Waals surface area (Å²) < 4.78 is 26.2. The number of halogens is 2. The summed E-state index contributed by atoms with van der Waals surface area (Å²) >= 11 is 0. The predicted molar refractivity (Wildman–Crippen MR) is 81.3 cm³/mol. The Hall–Kier alpha value is -1.73. The van der Waals surface area contributed by atoms with Crippen molar-refractivity contribution in [2.45, 2.75) is 52.6 Å². The number of carbonyl (C=O) groups excluding carboxylic acids is 2. The molecule has 24 heavy (non-hydrogen) atoms. The number of nitrogens with one attached hydrogen (secondary N) is 1. The molecule has 2 fully saturated rings. The van der Waals surface area contributed by atoms with Crippen LogP contribution < -0.4 is 5.32 Å². The lowest BCUT2D eigenvalue weighted by Crippen LogP contribution is -2.57. The summed E-state index contributed by atoms with van der Waals surface area (Å²) in [4.78, 5) is 37.1. The summed E-state index contributed by atoms with van der Waals surface area (Å²) in [5.74, 6) is -7.36. The molecule has 2 amide bonds. The molecule has 1 aliphatic carbocycles. The highest BCUT2D eigenvalue weighted by atomic mass is 19.3. The fourth-order valence-corrected chi connectivity index (χ4v) is 3.76. The molecule has 2 aliphatic rings. The lowest BCUT2D eigenvalue weighted by molar-refractivity contribution is -0.154. The number of nitrogens with zero attached hydrogens (tertiary/aromatic N) is 1. The second-order valence-electron chi connectivity index (χ2n) is 7.81. The van der Waals surface area contributed by atoms with E-state index in [0.717, 1.165) is 0 Å². The molecule has 0 bridgehead atoms. The van der Waals surface area contributed by atoms with E-state index in [4.69, 9.17) is 0 Å². The third-order valence-corrected chi connectivity index (χ3v) is 5.36. The van der Waals surface area contributed by atoms with Crippen molar-refractivity contribution in [3.05, 3.63) is 0 Å². The highest BCUT2D eigenvalue weighted by molar-refractivity contribution is 5.93. The third-order valence-electron chi connectivity index (χ3n) is 5.36. The number of aliphatic carboxylic acids is 1. The quantitative estimate of drug-likeness (QED) is 0.787. The van der Waals surface area contributed by atoms with Crippen LogP contribution >= 0.6 is 0 Å². The molecule has 4 atom stereocenters. The predicted octanol–water partition coefficient (Wildman–Crippen LogP) is 1.35. The summed E-state index contributed by atoms with van der Waals surface area (Å²) in [5, 5.41) is 11.6. The van der Waals surface area contributed by atoms with Gasteiger partial charge in [0.1, 0.15) is 12.1 Å². The number of hydrogen-bond donors (Lipinski definition) is 2. The third kappa shape index (κ3) is 2.98. The number of amides is 2. The van der Waals surface area contributed by atoms with Crippen molar-refractivity contribution in [3.63, 3.8) is 0 Å². The van der Waals surface area contributed by atoms with Crippen LogP contribution in [-0.2, 0) is 14.4 Å². The van der Waals surface area contributed by atoms with E-state index in [1.165, 1.54) is 4.90 Å². The van der Waals surface area contributed by atoms with Gasteiger partial charge in [0.15, 0.2) is 0 Å². The van der Waals surface area contributed by atoms with Crippen molar-refractivity contribution in [1.82, 2.24) is 10.2 Å². The van der Waals surface area contributed by atoms with Crippen LogP contribution in [0.15, 0.2) is 0 Å². The Morgan fingerprint density at radius 1 is 1.29 bits per heavy atom. The minimum absolute atomic E-state index is 0.0821. The molecule has 1 heterocycles. The van der Waals surface area contributed by atoms with Crippen LogP contribution in [-0.4, -0.2) is 52.3 Å². The monoisotopic (exact) mass is 346 g/mol. The first-order valence-electron chi connectivity index (χ1n) is 8.02. The fourth-order valence-electron chi connectivity index (χ4n) is 3.76. The minimum atomic E-state index is -3.60. The van der Waals surface area contributed by atoms with Crippen LogP contribution in [0.25, 0.3) is 0 Å². The molecule has 1 saturated heterocycles. The number of carboxylic acid groups (broad SMARTS) is 1. The standard InChI is InChI=1S/C16H24F2N2O4/c1-7(2)10(19-14(24)16(5,17)18)12(21)20-6-8-9(15(8,3)4)11(20)13(22)23/h7-11H,6H2,1-5H3,(H,19,24)(H,22,23)/t8-,9-,10?,11-/m0/s1. The summed E-state index contributed by atoms with van der Waals surface area (Å²) in [5.41, 5.74) is -0.146. The Morgan fingerprint density at radius 3 is 2.25 bits per heavy atom. The van der Waals surface area contributed by atoms with Gasteiger partial charge in [0.2, 0.25) is 5.91 Å². The highest BCUT2D eigenvalue weighted by Crippen LogP contribution is 2.64. The molecule has 1 aliphatic heterocycles. The van der Waals surface area contributed by atoms with Crippen molar-refractivity contribution in [3.8, 4) is 0 Å². The number of piperidine rings is 1. The lowest BCUT2D eigenvalue weighted by atomic mass is 9.97. The van der Waals surface area contributed by atoms with Crippen LogP contribution in [0.4, 0.5) is 8.78 Å². The van der Waals surface area contributed by atoms with Crippen molar-refractivity contribution in [1.29, 1.82) is 0 Å². The second kappa shape index (κ2) is 5.67. The molecule has 0 aromatic heterocycles. The zero-order valence-electron chi connectivity index (χ0n) is 14.5. The molecule has 2 rings (SSSR count). The molecular weight excluding hydrogens is 322 g/mol. The SMILES string of the molecule is CC(C)C(NC(=O)C(C)(F)F)C(=O)N1C[C@H]2[C@@H]([C@H]1C(=O)O)C2(C)C. The Balaban J connectivity index is 2.19. The van der Waals surface area contributed by atoms with Crippen LogP contribution in [0.2, 0.25) is 0 Å². The zero-order chi connectivity index (χ0) is 18.6. The molecule has 2 N–H and O–H groups in total. The first kappa shape index (κ1) is 18.6. The summed E-state index contributed by atoms with van der Waals surface area (Å²) in [6.07, 6.45) is 0. The van der Waals surface area contributed by atoms with Gasteiger partial charge in [-0.05, 0) is 17.3 Å². The largest absolute Gasteiger partial charge is 0.480 e.